The molecule has 1 aliphatic heterocycles. The Morgan fingerprint density at radius 2 is 2.03 bits per heavy atom. The number of imidazole rings is 1. The molecule has 0 atom stereocenters. The van der Waals surface area contributed by atoms with Gasteiger partial charge in [0.05, 0.1) is 16.7 Å². The molecule has 198 valence electrons. The van der Waals surface area contributed by atoms with Crippen molar-refractivity contribution < 1.29 is 9.18 Å². The van der Waals surface area contributed by atoms with Crippen LogP contribution in [0.1, 0.15) is 24.0 Å². The third-order valence-corrected chi connectivity index (χ3v) is 7.42. The number of hydrogen-bond acceptors (Lipinski definition) is 5. The number of carbonyl (C=O) groups excluding carboxylic acids is 1. The fraction of sp³-hybridized carbons (Fsp3) is 0.321. The van der Waals surface area contributed by atoms with E-state index < -0.39 is 12.6 Å². The van der Waals surface area contributed by atoms with E-state index in [-0.39, 0.29) is 11.6 Å². The average molecular weight is 581 g/mol. The molecule has 4 N–H and O–H groups in total. The summed E-state index contributed by atoms with van der Waals surface area (Å²) in [6.07, 6.45) is 3.96. The van der Waals surface area contributed by atoms with Gasteiger partial charge in [-0.2, -0.15) is 0 Å². The number of anilines is 2. The van der Waals surface area contributed by atoms with Crippen LogP contribution in [0.2, 0.25) is 0 Å². The second-order valence-electron chi connectivity index (χ2n) is 9.61. The Labute approximate surface area is 228 Å². The number of amides is 1. The van der Waals surface area contributed by atoms with Crippen LogP contribution < -0.4 is 21.1 Å². The van der Waals surface area contributed by atoms with Gasteiger partial charge in [-0.3, -0.25) is 9.59 Å². The Hall–Kier alpha value is -3.66. The third kappa shape index (κ3) is 5.75. The van der Waals surface area contributed by atoms with Crippen molar-refractivity contribution in [2.24, 2.45) is 0 Å². The molecule has 0 unspecified atom stereocenters. The summed E-state index contributed by atoms with van der Waals surface area (Å²) in [6.45, 7) is 3.21. The van der Waals surface area contributed by atoms with Crippen LogP contribution in [0.15, 0.2) is 57.9 Å². The van der Waals surface area contributed by atoms with E-state index in [0.717, 1.165) is 64.8 Å². The number of aromatic nitrogens is 3. The van der Waals surface area contributed by atoms with Crippen LogP contribution in [-0.4, -0.2) is 53.2 Å². The Morgan fingerprint density at radius 1 is 1.21 bits per heavy atom. The lowest BCUT2D eigenvalue weighted by atomic mass is 10.0. The molecule has 0 bridgehead atoms. The van der Waals surface area contributed by atoms with Crippen LogP contribution in [0.3, 0.4) is 0 Å². The van der Waals surface area contributed by atoms with Crippen molar-refractivity contribution in [3.05, 3.63) is 74.6 Å². The number of carbonyl (C=O) groups is 1. The number of rotatable bonds is 8. The number of benzene rings is 2. The van der Waals surface area contributed by atoms with E-state index in [0.29, 0.717) is 17.9 Å². The lowest BCUT2D eigenvalue weighted by Crippen LogP contribution is -2.45. The summed E-state index contributed by atoms with van der Waals surface area (Å²) in [4.78, 5) is 37.5. The monoisotopic (exact) mass is 580 g/mol. The summed E-state index contributed by atoms with van der Waals surface area (Å²) >= 11 is 3.51. The molecule has 1 amide bonds. The molecule has 0 spiro atoms. The van der Waals surface area contributed by atoms with E-state index in [1.165, 1.54) is 5.56 Å². The van der Waals surface area contributed by atoms with Crippen LogP contribution in [0.4, 0.5) is 15.8 Å². The lowest BCUT2D eigenvalue weighted by molar-refractivity contribution is -0.122. The van der Waals surface area contributed by atoms with E-state index in [4.69, 9.17) is 4.98 Å². The normalized spacial score (nSPS) is 14.1. The number of pyridine rings is 1. The standard InChI is InChI=1S/C28H30BrFN6O2/c1-17-13-21(36-11-7-20(8-12-36)33-24(37)16-30)15-23-26(17)35-27(34-23)25-22(6-10-32-28(25)38)31-9-5-18-3-2-4-19(29)14-18/h2-4,6,10,13-15,20H,5,7-9,11-12,16H2,1H3,(H,33,37)(H,34,35)(H2,31,32,38). The van der Waals surface area contributed by atoms with Crippen molar-refractivity contribution in [1.29, 1.82) is 0 Å². The van der Waals surface area contributed by atoms with E-state index >= 15 is 0 Å². The number of halogens is 2. The van der Waals surface area contributed by atoms with Gasteiger partial charge in [-0.05, 0) is 67.6 Å². The maximum atomic E-state index is 12.9. The molecule has 2 aromatic heterocycles. The smallest absolute Gasteiger partial charge is 0.261 e. The largest absolute Gasteiger partial charge is 0.384 e. The Balaban J connectivity index is 1.35. The highest BCUT2D eigenvalue weighted by molar-refractivity contribution is 9.10. The van der Waals surface area contributed by atoms with E-state index in [1.54, 1.807) is 6.20 Å². The molecular weight excluding hydrogens is 551 g/mol. The first-order chi connectivity index (χ1) is 18.4. The predicted molar refractivity (Wildman–Crippen MR) is 153 cm³/mol. The van der Waals surface area contributed by atoms with Gasteiger partial charge in [0.1, 0.15) is 11.4 Å². The fourth-order valence-corrected chi connectivity index (χ4v) is 5.46. The minimum atomic E-state index is -0.981. The second-order valence-corrected chi connectivity index (χ2v) is 10.5. The van der Waals surface area contributed by atoms with Crippen molar-refractivity contribution >= 4 is 44.2 Å². The summed E-state index contributed by atoms with van der Waals surface area (Å²) in [7, 11) is 0. The third-order valence-electron chi connectivity index (χ3n) is 6.92. The first-order valence-corrected chi connectivity index (χ1v) is 13.5. The van der Waals surface area contributed by atoms with Crippen LogP contribution in [-0.2, 0) is 11.2 Å². The average Bonchev–Trinajstić information content (AvgIpc) is 3.33. The molecule has 10 heteroatoms. The van der Waals surface area contributed by atoms with Gasteiger partial charge in [-0.15, -0.1) is 0 Å². The number of nitrogens with one attached hydrogen (secondary N) is 4. The molecule has 3 heterocycles. The van der Waals surface area contributed by atoms with Gasteiger partial charge in [0.15, 0.2) is 6.67 Å². The first-order valence-electron chi connectivity index (χ1n) is 12.7. The summed E-state index contributed by atoms with van der Waals surface area (Å²) in [6, 6.07) is 14.2. The van der Waals surface area contributed by atoms with E-state index in [2.05, 4.69) is 65.7 Å². The molecule has 0 saturated carbocycles. The van der Waals surface area contributed by atoms with Gasteiger partial charge in [-0.25, -0.2) is 9.37 Å². The highest BCUT2D eigenvalue weighted by atomic mass is 79.9. The number of piperidine rings is 1. The molecular formula is C28H30BrFN6O2. The minimum absolute atomic E-state index is 0.00257. The second kappa shape index (κ2) is 11.4. The van der Waals surface area contributed by atoms with Crippen molar-refractivity contribution in [2.75, 3.05) is 36.5 Å². The topological polar surface area (TPSA) is 106 Å². The first kappa shape index (κ1) is 26.0. The highest BCUT2D eigenvalue weighted by Gasteiger charge is 2.22. The van der Waals surface area contributed by atoms with Gasteiger partial charge < -0.3 is 25.5 Å². The summed E-state index contributed by atoms with van der Waals surface area (Å²) in [5, 5.41) is 6.15. The number of H-pyrrole nitrogens is 2. The zero-order chi connectivity index (χ0) is 26.6. The van der Waals surface area contributed by atoms with Crippen molar-refractivity contribution in [3.63, 3.8) is 0 Å². The molecule has 38 heavy (non-hydrogen) atoms. The van der Waals surface area contributed by atoms with Crippen LogP contribution in [0.25, 0.3) is 22.4 Å². The number of alkyl halides is 1. The summed E-state index contributed by atoms with van der Waals surface area (Å²) < 4.78 is 13.6. The number of fused-ring (bicyclic) bond motifs is 1. The van der Waals surface area contributed by atoms with Gasteiger partial charge in [0.25, 0.3) is 11.5 Å². The van der Waals surface area contributed by atoms with Gasteiger partial charge in [0, 0.05) is 42.0 Å². The van der Waals surface area contributed by atoms with Crippen LogP contribution in [0.5, 0.6) is 0 Å². The van der Waals surface area contributed by atoms with Crippen LogP contribution in [0, 0.1) is 6.92 Å². The number of nitrogens with zero attached hydrogens (tertiary/aromatic N) is 2. The lowest BCUT2D eigenvalue weighted by Gasteiger charge is -2.34. The number of aromatic amines is 2. The zero-order valence-corrected chi connectivity index (χ0v) is 22.7. The van der Waals surface area contributed by atoms with E-state index in [9.17, 15) is 14.0 Å². The fourth-order valence-electron chi connectivity index (χ4n) is 5.02. The molecule has 0 aliphatic carbocycles. The number of aryl methyl sites for hydroxylation is 1. The zero-order valence-electron chi connectivity index (χ0n) is 21.1. The highest BCUT2D eigenvalue weighted by Crippen LogP contribution is 2.30. The molecule has 0 radical (unpaired) electrons. The van der Waals surface area contributed by atoms with Crippen molar-refractivity contribution in [3.8, 4) is 11.4 Å². The Kier molecular flexibility index (Phi) is 7.78. The van der Waals surface area contributed by atoms with Gasteiger partial charge >= 0.3 is 0 Å². The molecule has 1 aliphatic rings. The Morgan fingerprint density at radius 3 is 2.79 bits per heavy atom. The Bertz CT molecular complexity index is 1510. The quantitative estimate of drug-likeness (QED) is 0.242. The van der Waals surface area contributed by atoms with E-state index in [1.807, 2.05) is 25.1 Å². The molecule has 8 nitrogen and oxygen atoms in total. The molecule has 4 aromatic rings. The maximum absolute atomic E-state index is 12.9. The van der Waals surface area contributed by atoms with Crippen molar-refractivity contribution in [1.82, 2.24) is 20.3 Å². The van der Waals surface area contributed by atoms with Gasteiger partial charge in [0.2, 0.25) is 0 Å². The SMILES string of the molecule is Cc1cc(N2CCC(NC(=O)CF)CC2)cc2[nH]c(-c3c(NCCc4cccc(Br)c4)cc[nH]c3=O)nc12. The van der Waals surface area contributed by atoms with Crippen molar-refractivity contribution in [2.45, 2.75) is 32.2 Å². The number of hydrogen-bond donors (Lipinski definition) is 4. The maximum Gasteiger partial charge on any atom is 0.261 e. The van der Waals surface area contributed by atoms with Gasteiger partial charge in [-0.1, -0.05) is 28.1 Å². The summed E-state index contributed by atoms with van der Waals surface area (Å²) in [5.41, 5.74) is 5.90. The molecule has 2 aromatic carbocycles. The molecule has 5 rings (SSSR count). The molecule has 1 fully saturated rings. The van der Waals surface area contributed by atoms with Crippen LogP contribution >= 0.6 is 15.9 Å². The summed E-state index contributed by atoms with van der Waals surface area (Å²) in [5.74, 6) is -0.0386. The molecule has 1 saturated heterocycles. The minimum Gasteiger partial charge on any atom is -0.384 e. The predicted octanol–water partition coefficient (Wildman–Crippen LogP) is 4.70.